The lowest BCUT2D eigenvalue weighted by atomic mass is 9.79. The Labute approximate surface area is 151 Å². The van der Waals surface area contributed by atoms with Crippen molar-refractivity contribution >= 4 is 29.9 Å². The molecule has 128 valence electrons. The number of pyridine rings is 1. The number of aliphatic hydroxyl groups is 1. The molecule has 0 aliphatic carbocycles. The van der Waals surface area contributed by atoms with Crippen LogP contribution in [0.15, 0.2) is 48.8 Å². The third-order valence-corrected chi connectivity index (χ3v) is 4.40. The molecule has 1 aromatic heterocycles. The maximum Gasteiger partial charge on any atom is 0.253 e. The van der Waals surface area contributed by atoms with Gasteiger partial charge in [-0.1, -0.05) is 41.9 Å². The first-order chi connectivity index (χ1) is 11.1. The lowest BCUT2D eigenvalue weighted by molar-refractivity contribution is 0.0289. The van der Waals surface area contributed by atoms with Crippen molar-refractivity contribution in [3.05, 3.63) is 64.9 Å². The molecule has 7 heteroatoms. The van der Waals surface area contributed by atoms with Crippen molar-refractivity contribution in [1.29, 1.82) is 0 Å². The lowest BCUT2D eigenvalue weighted by Crippen LogP contribution is -2.61. The largest absolute Gasteiger partial charge is 0.389 e. The molecule has 1 aromatic carbocycles. The van der Waals surface area contributed by atoms with Gasteiger partial charge in [-0.05, 0) is 24.6 Å². The fraction of sp³-hybridized carbons (Fsp3) is 0.294. The van der Waals surface area contributed by atoms with Crippen LogP contribution in [0.4, 0.5) is 0 Å². The van der Waals surface area contributed by atoms with E-state index in [0.29, 0.717) is 30.1 Å². The van der Waals surface area contributed by atoms with Gasteiger partial charge in [-0.2, -0.15) is 0 Å². The summed E-state index contributed by atoms with van der Waals surface area (Å²) >= 11 is 5.91. The summed E-state index contributed by atoms with van der Waals surface area (Å²) in [6, 6.07) is 11.1. The molecule has 1 amide bonds. The highest BCUT2D eigenvalue weighted by Crippen LogP contribution is 2.31. The summed E-state index contributed by atoms with van der Waals surface area (Å²) in [6.45, 7) is 1.13. The maximum absolute atomic E-state index is 12.6. The van der Waals surface area contributed by atoms with Gasteiger partial charge in [0.15, 0.2) is 0 Å². The Hall–Kier alpha value is -1.66. The summed E-state index contributed by atoms with van der Waals surface area (Å²) in [7, 11) is 0. The molecule has 1 aliphatic heterocycles. The van der Waals surface area contributed by atoms with Crippen molar-refractivity contribution in [2.24, 2.45) is 0 Å². The van der Waals surface area contributed by atoms with Gasteiger partial charge in [-0.3, -0.25) is 9.78 Å². The molecule has 3 N–H and O–H groups in total. The lowest BCUT2D eigenvalue weighted by Gasteiger charge is -2.43. The molecule has 0 radical (unpaired) electrons. The first-order valence-corrected chi connectivity index (χ1v) is 7.87. The van der Waals surface area contributed by atoms with Gasteiger partial charge in [0.05, 0.1) is 22.2 Å². The van der Waals surface area contributed by atoms with E-state index < -0.39 is 11.6 Å². The monoisotopic (exact) mass is 367 g/mol. The predicted molar refractivity (Wildman–Crippen MR) is 95.6 cm³/mol. The molecular weight excluding hydrogens is 349 g/mol. The molecule has 2 aromatic rings. The Morgan fingerprint density at radius 1 is 1.33 bits per heavy atom. The standard InChI is InChI=1S/C17H18ClN3O2.ClH/c18-14-8-12(9-20-10-14)16(23)21-17(6-7-19-11-15(17)22)13-4-2-1-3-5-13;/h1-5,8-10,15,19,22H,6-7,11H2,(H,21,23);1H/t15-,17+;/m1./s1. The van der Waals surface area contributed by atoms with Crippen molar-refractivity contribution in [2.75, 3.05) is 13.1 Å². The number of hydrogen-bond acceptors (Lipinski definition) is 4. The SMILES string of the molecule is Cl.O=C(N[C@]1(c2ccccc2)CCNC[C@H]1O)c1cncc(Cl)c1. The van der Waals surface area contributed by atoms with E-state index in [1.807, 2.05) is 30.3 Å². The van der Waals surface area contributed by atoms with Crippen molar-refractivity contribution in [3.63, 3.8) is 0 Å². The summed E-state index contributed by atoms with van der Waals surface area (Å²) in [5.74, 6) is -0.301. The molecule has 2 heterocycles. The molecule has 1 fully saturated rings. The third kappa shape index (κ3) is 3.70. The van der Waals surface area contributed by atoms with Gasteiger partial charge in [0.2, 0.25) is 0 Å². The first kappa shape index (κ1) is 18.7. The molecule has 5 nitrogen and oxygen atoms in total. The third-order valence-electron chi connectivity index (χ3n) is 4.20. The van der Waals surface area contributed by atoms with Gasteiger partial charge in [0.25, 0.3) is 5.91 Å². The minimum absolute atomic E-state index is 0. The summed E-state index contributed by atoms with van der Waals surface area (Å²) in [5.41, 5.74) is 0.433. The van der Waals surface area contributed by atoms with Crippen LogP contribution in [0.5, 0.6) is 0 Å². The number of β-amino-alcohol motifs (C(OH)–C–C–N with tert-alkyl or cyclic N) is 1. The van der Waals surface area contributed by atoms with Crippen LogP contribution in [0.2, 0.25) is 5.02 Å². The number of benzene rings is 1. The smallest absolute Gasteiger partial charge is 0.253 e. The average Bonchev–Trinajstić information content (AvgIpc) is 2.58. The number of halogens is 2. The number of carbonyl (C=O) groups excluding carboxylic acids is 1. The van der Waals surface area contributed by atoms with Gasteiger partial charge in [-0.25, -0.2) is 0 Å². The summed E-state index contributed by atoms with van der Waals surface area (Å²) < 4.78 is 0. The maximum atomic E-state index is 12.6. The Bertz CT molecular complexity index is 699. The highest BCUT2D eigenvalue weighted by molar-refractivity contribution is 6.30. The van der Waals surface area contributed by atoms with Crippen molar-refractivity contribution in [3.8, 4) is 0 Å². The van der Waals surface area contributed by atoms with Gasteiger partial charge in [0.1, 0.15) is 0 Å². The van der Waals surface area contributed by atoms with Crippen LogP contribution in [0.3, 0.4) is 0 Å². The van der Waals surface area contributed by atoms with Crippen LogP contribution in [0, 0.1) is 0 Å². The Morgan fingerprint density at radius 3 is 2.75 bits per heavy atom. The number of nitrogens with zero attached hydrogens (tertiary/aromatic N) is 1. The minimum atomic E-state index is -0.827. The van der Waals surface area contributed by atoms with Gasteiger partial charge in [-0.15, -0.1) is 12.4 Å². The number of aliphatic hydroxyl groups excluding tert-OH is 1. The van der Waals surface area contributed by atoms with Crippen molar-refractivity contribution in [1.82, 2.24) is 15.6 Å². The number of nitrogens with one attached hydrogen (secondary N) is 2. The zero-order valence-electron chi connectivity index (χ0n) is 12.9. The molecule has 1 aliphatic rings. The molecular formula is C17H19Cl2N3O2. The normalized spacial score (nSPS) is 23.2. The predicted octanol–water partition coefficient (Wildman–Crippen LogP) is 2.14. The topological polar surface area (TPSA) is 74.2 Å². The summed E-state index contributed by atoms with van der Waals surface area (Å²) in [6.07, 6.45) is 2.81. The van der Waals surface area contributed by atoms with Crippen LogP contribution >= 0.6 is 24.0 Å². The van der Waals surface area contributed by atoms with Crippen molar-refractivity contribution in [2.45, 2.75) is 18.1 Å². The van der Waals surface area contributed by atoms with E-state index >= 15 is 0 Å². The fourth-order valence-corrected chi connectivity index (χ4v) is 3.14. The second-order valence-electron chi connectivity index (χ2n) is 5.65. The highest BCUT2D eigenvalue weighted by Gasteiger charge is 2.42. The van der Waals surface area contributed by atoms with Gasteiger partial charge < -0.3 is 15.7 Å². The van der Waals surface area contributed by atoms with E-state index in [0.717, 1.165) is 5.56 Å². The molecule has 0 bridgehead atoms. The van der Waals surface area contributed by atoms with E-state index in [2.05, 4.69) is 15.6 Å². The summed E-state index contributed by atoms with van der Waals surface area (Å²) in [5, 5.41) is 17.2. The Balaban J connectivity index is 0.00000208. The van der Waals surface area contributed by atoms with E-state index in [4.69, 9.17) is 11.6 Å². The minimum Gasteiger partial charge on any atom is -0.389 e. The fourth-order valence-electron chi connectivity index (χ4n) is 2.97. The molecule has 3 rings (SSSR count). The molecule has 0 saturated carbocycles. The second-order valence-corrected chi connectivity index (χ2v) is 6.09. The first-order valence-electron chi connectivity index (χ1n) is 7.49. The highest BCUT2D eigenvalue weighted by atomic mass is 35.5. The van der Waals surface area contributed by atoms with Crippen LogP contribution in [0.1, 0.15) is 22.3 Å². The van der Waals surface area contributed by atoms with Gasteiger partial charge in [0, 0.05) is 18.9 Å². The second kappa shape index (κ2) is 7.94. The molecule has 2 atom stereocenters. The van der Waals surface area contributed by atoms with E-state index in [-0.39, 0.29) is 18.3 Å². The number of aromatic nitrogens is 1. The van der Waals surface area contributed by atoms with Gasteiger partial charge >= 0.3 is 0 Å². The van der Waals surface area contributed by atoms with Crippen molar-refractivity contribution < 1.29 is 9.90 Å². The number of rotatable bonds is 3. The molecule has 1 saturated heterocycles. The number of hydrogen-bond donors (Lipinski definition) is 3. The number of piperidine rings is 1. The van der Waals surface area contributed by atoms with Crippen LogP contribution in [-0.4, -0.2) is 35.2 Å². The zero-order chi connectivity index (χ0) is 16.3. The number of carbonyl (C=O) groups is 1. The number of amides is 1. The summed E-state index contributed by atoms with van der Waals surface area (Å²) in [4.78, 5) is 16.6. The molecule has 24 heavy (non-hydrogen) atoms. The quantitative estimate of drug-likeness (QED) is 0.776. The zero-order valence-corrected chi connectivity index (χ0v) is 14.5. The van der Waals surface area contributed by atoms with E-state index in [1.165, 1.54) is 12.4 Å². The Kier molecular flexibility index (Phi) is 6.18. The van der Waals surface area contributed by atoms with Crippen LogP contribution in [0.25, 0.3) is 0 Å². The average molecular weight is 368 g/mol. The Morgan fingerprint density at radius 2 is 2.08 bits per heavy atom. The molecule has 0 unspecified atom stereocenters. The molecule has 0 spiro atoms. The van der Waals surface area contributed by atoms with E-state index in [9.17, 15) is 9.90 Å². The van der Waals surface area contributed by atoms with Crippen LogP contribution in [-0.2, 0) is 5.54 Å². The van der Waals surface area contributed by atoms with Crippen LogP contribution < -0.4 is 10.6 Å². The van der Waals surface area contributed by atoms with E-state index in [1.54, 1.807) is 6.07 Å².